The highest BCUT2D eigenvalue weighted by Crippen LogP contribution is 2.03. The van der Waals surface area contributed by atoms with E-state index in [1.807, 2.05) is 12.1 Å². The summed E-state index contributed by atoms with van der Waals surface area (Å²) in [5, 5.41) is 8.08. The summed E-state index contributed by atoms with van der Waals surface area (Å²) in [6, 6.07) is 7.12. The van der Waals surface area contributed by atoms with E-state index in [0.717, 1.165) is 5.56 Å². The van der Waals surface area contributed by atoms with E-state index < -0.39 is 0 Å². The highest BCUT2D eigenvalue weighted by Gasteiger charge is 2.03. The summed E-state index contributed by atoms with van der Waals surface area (Å²) in [4.78, 5) is 22.5. The van der Waals surface area contributed by atoms with E-state index in [2.05, 4.69) is 16.0 Å². The van der Waals surface area contributed by atoms with Gasteiger partial charge >= 0.3 is 0 Å². The molecule has 3 N–H and O–H groups in total. The van der Waals surface area contributed by atoms with Crippen molar-refractivity contribution in [3.63, 3.8) is 0 Å². The summed E-state index contributed by atoms with van der Waals surface area (Å²) in [7, 11) is 3.31. The molecule has 0 aliphatic heterocycles. The van der Waals surface area contributed by atoms with Crippen molar-refractivity contribution in [2.45, 2.75) is 6.54 Å². The molecule has 0 spiro atoms. The molecule has 0 aliphatic rings. The van der Waals surface area contributed by atoms with Crippen molar-refractivity contribution in [2.75, 3.05) is 20.6 Å². The van der Waals surface area contributed by atoms with Crippen LogP contribution in [0.3, 0.4) is 0 Å². The summed E-state index contributed by atoms with van der Waals surface area (Å²) in [5.41, 5.74) is 1.57. The molecule has 6 heteroatoms. The van der Waals surface area contributed by atoms with Crippen molar-refractivity contribution < 1.29 is 9.59 Å². The molecule has 1 aromatic carbocycles. The van der Waals surface area contributed by atoms with E-state index in [-0.39, 0.29) is 24.2 Å². The normalized spacial score (nSPS) is 9.22. The number of hydrogen-bond acceptors (Lipinski definition) is 3. The van der Waals surface area contributed by atoms with Crippen LogP contribution in [0.2, 0.25) is 0 Å². The maximum Gasteiger partial charge on any atom is 0.251 e. The van der Waals surface area contributed by atoms with Crippen molar-refractivity contribution in [1.82, 2.24) is 16.0 Å². The van der Waals surface area contributed by atoms with Gasteiger partial charge in [0.1, 0.15) is 0 Å². The van der Waals surface area contributed by atoms with E-state index >= 15 is 0 Å². The van der Waals surface area contributed by atoms with Gasteiger partial charge in [-0.1, -0.05) is 12.1 Å². The zero-order valence-electron chi connectivity index (χ0n) is 10.4. The van der Waals surface area contributed by atoms with E-state index in [9.17, 15) is 9.59 Å². The lowest BCUT2D eigenvalue weighted by atomic mass is 10.1. The third-order valence-electron chi connectivity index (χ3n) is 2.27. The fraction of sp³-hybridized carbons (Fsp3) is 0.333. The number of halogens is 1. The summed E-state index contributed by atoms with van der Waals surface area (Å²) >= 11 is 0. The fourth-order valence-electron chi connectivity index (χ4n) is 1.34. The van der Waals surface area contributed by atoms with Gasteiger partial charge in [0.2, 0.25) is 5.91 Å². The van der Waals surface area contributed by atoms with Gasteiger partial charge in [-0.05, 0) is 24.7 Å². The van der Waals surface area contributed by atoms with Gasteiger partial charge < -0.3 is 16.0 Å². The minimum atomic E-state index is -0.115. The predicted octanol–water partition coefficient (Wildman–Crippen LogP) is 0.304. The van der Waals surface area contributed by atoms with Crippen LogP contribution in [0, 0.1) is 0 Å². The highest BCUT2D eigenvalue weighted by atomic mass is 35.5. The lowest BCUT2D eigenvalue weighted by Gasteiger charge is -2.05. The first-order chi connectivity index (χ1) is 8.17. The van der Waals surface area contributed by atoms with Crippen molar-refractivity contribution in [1.29, 1.82) is 0 Å². The van der Waals surface area contributed by atoms with Crippen LogP contribution in [-0.4, -0.2) is 32.5 Å². The van der Waals surface area contributed by atoms with Crippen LogP contribution in [0.25, 0.3) is 0 Å². The third-order valence-corrected chi connectivity index (χ3v) is 2.27. The molecule has 0 aliphatic carbocycles. The van der Waals surface area contributed by atoms with Crippen LogP contribution in [0.5, 0.6) is 0 Å². The second-order valence-corrected chi connectivity index (χ2v) is 3.58. The van der Waals surface area contributed by atoms with Gasteiger partial charge in [0.15, 0.2) is 0 Å². The molecule has 5 nitrogen and oxygen atoms in total. The molecule has 0 saturated heterocycles. The largest absolute Gasteiger partial charge is 0.355 e. The van der Waals surface area contributed by atoms with E-state index in [4.69, 9.17) is 0 Å². The smallest absolute Gasteiger partial charge is 0.251 e. The molecule has 0 aromatic heterocycles. The van der Waals surface area contributed by atoms with Gasteiger partial charge in [-0.15, -0.1) is 12.4 Å². The van der Waals surface area contributed by atoms with Gasteiger partial charge in [0.25, 0.3) is 5.91 Å². The number of likely N-dealkylation sites (N-methyl/N-ethyl adjacent to an activating group) is 1. The third kappa shape index (κ3) is 5.16. The molecular weight excluding hydrogens is 254 g/mol. The summed E-state index contributed by atoms with van der Waals surface area (Å²) in [6.45, 7) is 0.769. The standard InChI is InChI=1S/C12H17N3O2.ClH/c1-13-8-11(16)15-7-9-3-5-10(6-4-9)12(17)14-2;/h3-6,13H,7-8H2,1-2H3,(H,14,17)(H,15,16);1H. The van der Waals surface area contributed by atoms with Crippen molar-refractivity contribution in [2.24, 2.45) is 0 Å². The Labute approximate surface area is 113 Å². The predicted molar refractivity (Wildman–Crippen MR) is 72.9 cm³/mol. The van der Waals surface area contributed by atoms with Crippen LogP contribution in [-0.2, 0) is 11.3 Å². The Kier molecular flexibility index (Phi) is 7.74. The molecule has 18 heavy (non-hydrogen) atoms. The molecular formula is C12H18ClN3O2. The van der Waals surface area contributed by atoms with Crippen LogP contribution < -0.4 is 16.0 Å². The van der Waals surface area contributed by atoms with Gasteiger partial charge in [-0.25, -0.2) is 0 Å². The zero-order valence-corrected chi connectivity index (χ0v) is 11.3. The Morgan fingerprint density at radius 2 is 1.72 bits per heavy atom. The molecule has 1 aromatic rings. The molecule has 0 atom stereocenters. The number of amides is 2. The number of carbonyl (C=O) groups is 2. The Balaban J connectivity index is 0.00000289. The van der Waals surface area contributed by atoms with Gasteiger partial charge in [-0.3, -0.25) is 9.59 Å². The SMILES string of the molecule is CNCC(=O)NCc1ccc(C(=O)NC)cc1.Cl. The first kappa shape index (κ1) is 16.4. The molecule has 2 amide bonds. The average Bonchev–Trinajstić information content (AvgIpc) is 2.36. The molecule has 0 heterocycles. The average molecular weight is 272 g/mol. The first-order valence-electron chi connectivity index (χ1n) is 5.39. The Morgan fingerprint density at radius 3 is 2.22 bits per heavy atom. The van der Waals surface area contributed by atoms with E-state index in [1.54, 1.807) is 26.2 Å². The van der Waals surface area contributed by atoms with Crippen LogP contribution in [0.15, 0.2) is 24.3 Å². The van der Waals surface area contributed by atoms with Gasteiger partial charge in [0.05, 0.1) is 6.54 Å². The van der Waals surface area contributed by atoms with Gasteiger partial charge in [-0.2, -0.15) is 0 Å². The monoisotopic (exact) mass is 271 g/mol. The number of benzene rings is 1. The van der Waals surface area contributed by atoms with E-state index in [0.29, 0.717) is 18.7 Å². The Bertz CT molecular complexity index is 393. The summed E-state index contributed by atoms with van der Waals surface area (Å²) < 4.78 is 0. The van der Waals surface area contributed by atoms with Crippen molar-refractivity contribution in [3.05, 3.63) is 35.4 Å². The molecule has 0 bridgehead atoms. The minimum Gasteiger partial charge on any atom is -0.355 e. The number of rotatable bonds is 5. The number of carbonyl (C=O) groups excluding carboxylic acids is 2. The fourth-order valence-corrected chi connectivity index (χ4v) is 1.34. The molecule has 0 fully saturated rings. The van der Waals surface area contributed by atoms with Crippen LogP contribution >= 0.6 is 12.4 Å². The molecule has 0 saturated carbocycles. The maximum absolute atomic E-state index is 11.3. The van der Waals surface area contributed by atoms with Crippen LogP contribution in [0.1, 0.15) is 15.9 Å². The van der Waals surface area contributed by atoms with Crippen molar-refractivity contribution in [3.8, 4) is 0 Å². The molecule has 0 unspecified atom stereocenters. The summed E-state index contributed by atoms with van der Waals surface area (Å²) in [5.74, 6) is -0.168. The Morgan fingerprint density at radius 1 is 1.11 bits per heavy atom. The zero-order chi connectivity index (χ0) is 12.7. The molecule has 100 valence electrons. The first-order valence-corrected chi connectivity index (χ1v) is 5.39. The lowest BCUT2D eigenvalue weighted by molar-refractivity contribution is -0.120. The van der Waals surface area contributed by atoms with E-state index in [1.165, 1.54) is 0 Å². The number of hydrogen-bond donors (Lipinski definition) is 3. The number of nitrogens with one attached hydrogen (secondary N) is 3. The maximum atomic E-state index is 11.3. The second-order valence-electron chi connectivity index (χ2n) is 3.58. The van der Waals surface area contributed by atoms with Gasteiger partial charge in [0, 0.05) is 19.2 Å². The van der Waals surface area contributed by atoms with Crippen LogP contribution in [0.4, 0.5) is 0 Å². The second kappa shape index (κ2) is 8.49. The minimum absolute atomic E-state index is 0. The summed E-state index contributed by atoms with van der Waals surface area (Å²) in [6.07, 6.45) is 0. The Hall–Kier alpha value is -1.59. The van der Waals surface area contributed by atoms with Crippen molar-refractivity contribution >= 4 is 24.2 Å². The molecule has 1 rings (SSSR count). The molecule has 0 radical (unpaired) electrons. The topological polar surface area (TPSA) is 70.2 Å². The quantitative estimate of drug-likeness (QED) is 0.722. The highest BCUT2D eigenvalue weighted by molar-refractivity contribution is 5.93. The lowest BCUT2D eigenvalue weighted by Crippen LogP contribution is -2.31.